The van der Waals surface area contributed by atoms with Crippen molar-refractivity contribution in [1.29, 1.82) is 0 Å². The molecular formula is C23H28N4O2S. The highest BCUT2D eigenvalue weighted by Gasteiger charge is 2.16. The number of nitrogens with zero attached hydrogens (tertiary/aromatic N) is 3. The monoisotopic (exact) mass is 424 g/mol. The Morgan fingerprint density at radius 3 is 2.57 bits per heavy atom. The van der Waals surface area contributed by atoms with Crippen molar-refractivity contribution in [2.45, 2.75) is 44.8 Å². The van der Waals surface area contributed by atoms with Gasteiger partial charge in [-0.3, -0.25) is 4.79 Å². The minimum atomic E-state index is -0.0445. The van der Waals surface area contributed by atoms with Crippen LogP contribution in [0.1, 0.15) is 32.3 Å². The van der Waals surface area contributed by atoms with Crippen LogP contribution in [-0.2, 0) is 17.8 Å². The summed E-state index contributed by atoms with van der Waals surface area (Å²) in [6.45, 7) is 5.05. The molecule has 0 aliphatic carbocycles. The molecule has 7 heteroatoms. The Morgan fingerprint density at radius 2 is 1.87 bits per heavy atom. The highest BCUT2D eigenvalue weighted by Crippen LogP contribution is 2.26. The van der Waals surface area contributed by atoms with Gasteiger partial charge < -0.3 is 14.6 Å². The van der Waals surface area contributed by atoms with E-state index < -0.39 is 0 Å². The number of amides is 1. The summed E-state index contributed by atoms with van der Waals surface area (Å²) in [5.74, 6) is 1.85. The summed E-state index contributed by atoms with van der Waals surface area (Å²) in [5, 5.41) is 12.5. The van der Waals surface area contributed by atoms with Crippen molar-refractivity contribution in [3.05, 3.63) is 54.1 Å². The van der Waals surface area contributed by atoms with Crippen molar-refractivity contribution < 1.29 is 9.53 Å². The molecule has 1 amide bonds. The predicted octanol–water partition coefficient (Wildman–Crippen LogP) is 5.05. The van der Waals surface area contributed by atoms with Crippen molar-refractivity contribution in [1.82, 2.24) is 14.8 Å². The number of rotatable bonds is 10. The van der Waals surface area contributed by atoms with Crippen molar-refractivity contribution in [3.8, 4) is 17.1 Å². The summed E-state index contributed by atoms with van der Waals surface area (Å²) in [4.78, 5) is 12.5. The van der Waals surface area contributed by atoms with Crippen LogP contribution in [0.3, 0.4) is 0 Å². The van der Waals surface area contributed by atoms with Crippen molar-refractivity contribution in [3.63, 3.8) is 0 Å². The van der Waals surface area contributed by atoms with Crippen LogP contribution in [0.4, 0.5) is 5.69 Å². The first kappa shape index (κ1) is 21.9. The van der Waals surface area contributed by atoms with Crippen LogP contribution in [0.25, 0.3) is 11.4 Å². The topological polar surface area (TPSA) is 69.0 Å². The second kappa shape index (κ2) is 10.8. The second-order valence-electron chi connectivity index (χ2n) is 6.89. The molecule has 0 aliphatic heterocycles. The third-order valence-electron chi connectivity index (χ3n) is 4.81. The number of nitrogens with one attached hydrogen (secondary N) is 1. The van der Waals surface area contributed by atoms with Gasteiger partial charge in [-0.25, -0.2) is 0 Å². The Balaban J connectivity index is 1.73. The zero-order chi connectivity index (χ0) is 21.3. The van der Waals surface area contributed by atoms with Gasteiger partial charge in [-0.2, -0.15) is 0 Å². The van der Waals surface area contributed by atoms with Crippen LogP contribution in [0.15, 0.2) is 53.7 Å². The number of aryl methyl sites for hydroxylation is 1. The third-order valence-corrected chi connectivity index (χ3v) is 5.77. The molecule has 3 rings (SSSR count). The van der Waals surface area contributed by atoms with E-state index in [1.165, 1.54) is 11.8 Å². The molecule has 0 radical (unpaired) electrons. The molecule has 1 N–H and O–H groups in total. The number of anilines is 1. The Hall–Kier alpha value is -2.80. The Morgan fingerprint density at radius 1 is 1.10 bits per heavy atom. The lowest BCUT2D eigenvalue weighted by atomic mass is 10.1. The largest absolute Gasteiger partial charge is 0.497 e. The number of methoxy groups -OCH3 is 1. The van der Waals surface area contributed by atoms with Gasteiger partial charge in [-0.05, 0) is 48.7 Å². The molecule has 1 aromatic heterocycles. The number of aromatic nitrogens is 3. The smallest absolute Gasteiger partial charge is 0.234 e. The zero-order valence-electron chi connectivity index (χ0n) is 17.7. The summed E-state index contributed by atoms with van der Waals surface area (Å²) in [6.07, 6.45) is 2.96. The molecule has 3 aromatic rings. The van der Waals surface area contributed by atoms with Crippen LogP contribution in [0.5, 0.6) is 5.75 Å². The van der Waals surface area contributed by atoms with Gasteiger partial charge in [-0.15, -0.1) is 10.2 Å². The maximum atomic E-state index is 12.5. The number of hydrogen-bond donors (Lipinski definition) is 1. The van der Waals surface area contributed by atoms with E-state index >= 15 is 0 Å². The van der Waals surface area contributed by atoms with Gasteiger partial charge in [0.05, 0.1) is 12.9 Å². The number of para-hydroxylation sites is 1. The number of benzene rings is 2. The highest BCUT2D eigenvalue weighted by molar-refractivity contribution is 7.99. The van der Waals surface area contributed by atoms with E-state index in [9.17, 15) is 4.79 Å². The number of ether oxygens (including phenoxy) is 1. The highest BCUT2D eigenvalue weighted by atomic mass is 32.2. The van der Waals surface area contributed by atoms with E-state index in [-0.39, 0.29) is 11.7 Å². The lowest BCUT2D eigenvalue weighted by molar-refractivity contribution is -0.113. The van der Waals surface area contributed by atoms with Crippen LogP contribution >= 0.6 is 11.8 Å². The molecule has 0 aliphatic rings. The maximum absolute atomic E-state index is 12.5. The Labute approximate surface area is 182 Å². The summed E-state index contributed by atoms with van der Waals surface area (Å²) in [5.41, 5.74) is 2.98. The molecule has 2 aromatic carbocycles. The van der Waals surface area contributed by atoms with Gasteiger partial charge in [0.15, 0.2) is 11.0 Å². The molecule has 0 saturated heterocycles. The minimum absolute atomic E-state index is 0.0445. The average Bonchev–Trinajstić information content (AvgIpc) is 3.19. The number of hydrogen-bond acceptors (Lipinski definition) is 5. The van der Waals surface area contributed by atoms with Gasteiger partial charge in [0, 0.05) is 17.8 Å². The molecule has 1 heterocycles. The summed E-state index contributed by atoms with van der Waals surface area (Å²) < 4.78 is 7.34. The van der Waals surface area contributed by atoms with Gasteiger partial charge in [0.2, 0.25) is 5.91 Å². The van der Waals surface area contributed by atoms with E-state index in [0.29, 0.717) is 0 Å². The average molecular weight is 425 g/mol. The fourth-order valence-corrected chi connectivity index (χ4v) is 3.90. The summed E-state index contributed by atoms with van der Waals surface area (Å²) in [7, 11) is 1.65. The molecular weight excluding hydrogens is 396 g/mol. The van der Waals surface area contributed by atoms with Gasteiger partial charge in [0.1, 0.15) is 5.75 Å². The molecule has 0 unspecified atom stereocenters. The second-order valence-corrected chi connectivity index (χ2v) is 7.83. The summed E-state index contributed by atoms with van der Waals surface area (Å²) >= 11 is 1.41. The zero-order valence-corrected chi connectivity index (χ0v) is 18.5. The minimum Gasteiger partial charge on any atom is -0.497 e. The fraction of sp³-hybridized carbons (Fsp3) is 0.348. The molecule has 6 nitrogen and oxygen atoms in total. The molecule has 0 saturated carbocycles. The normalized spacial score (nSPS) is 10.8. The van der Waals surface area contributed by atoms with Crippen molar-refractivity contribution >= 4 is 23.4 Å². The van der Waals surface area contributed by atoms with E-state index in [4.69, 9.17) is 4.74 Å². The van der Waals surface area contributed by atoms with Crippen LogP contribution in [-0.4, -0.2) is 33.5 Å². The number of thioether (sulfide) groups is 1. The molecule has 0 spiro atoms. The first-order valence-corrected chi connectivity index (χ1v) is 11.2. The van der Waals surface area contributed by atoms with E-state index in [1.54, 1.807) is 7.11 Å². The predicted molar refractivity (Wildman–Crippen MR) is 122 cm³/mol. The number of carbonyl (C=O) groups excluding carboxylic acids is 1. The number of carbonyl (C=O) groups is 1. The van der Waals surface area contributed by atoms with Crippen molar-refractivity contribution in [2.24, 2.45) is 0 Å². The standard InChI is InChI=1S/C23H28N4O2S/c1-4-6-15-27-22(18-11-13-19(29-3)14-12-18)25-26-23(27)30-16-21(28)24-20-10-8-7-9-17(20)5-2/h7-14H,4-6,15-16H2,1-3H3,(H,24,28). The Bertz CT molecular complexity index is 970. The fourth-order valence-electron chi connectivity index (χ4n) is 3.13. The maximum Gasteiger partial charge on any atom is 0.234 e. The molecule has 0 bridgehead atoms. The summed E-state index contributed by atoms with van der Waals surface area (Å²) in [6, 6.07) is 15.7. The lowest BCUT2D eigenvalue weighted by Gasteiger charge is -2.11. The lowest BCUT2D eigenvalue weighted by Crippen LogP contribution is -2.16. The quantitative estimate of drug-likeness (QED) is 0.461. The number of unbranched alkanes of at least 4 members (excludes halogenated alkanes) is 1. The third kappa shape index (κ3) is 5.42. The molecule has 0 atom stereocenters. The van der Waals surface area contributed by atoms with Gasteiger partial charge in [-0.1, -0.05) is 50.2 Å². The Kier molecular flexibility index (Phi) is 7.90. The molecule has 30 heavy (non-hydrogen) atoms. The van der Waals surface area contributed by atoms with Gasteiger partial charge >= 0.3 is 0 Å². The SMILES string of the molecule is CCCCn1c(SCC(=O)Nc2ccccc2CC)nnc1-c1ccc(OC)cc1. The van der Waals surface area contributed by atoms with E-state index in [2.05, 4.69) is 33.9 Å². The van der Waals surface area contributed by atoms with Crippen molar-refractivity contribution in [2.75, 3.05) is 18.2 Å². The first-order valence-electron chi connectivity index (χ1n) is 10.2. The van der Waals surface area contributed by atoms with Crippen LogP contribution in [0, 0.1) is 0 Å². The van der Waals surface area contributed by atoms with Crippen LogP contribution in [0.2, 0.25) is 0 Å². The van der Waals surface area contributed by atoms with Gasteiger partial charge in [0.25, 0.3) is 0 Å². The molecule has 0 fully saturated rings. The first-order chi connectivity index (χ1) is 14.7. The van der Waals surface area contributed by atoms with E-state index in [1.807, 2.05) is 48.5 Å². The molecule has 158 valence electrons. The van der Waals surface area contributed by atoms with E-state index in [0.717, 1.165) is 59.4 Å². The van der Waals surface area contributed by atoms with Crippen LogP contribution < -0.4 is 10.1 Å².